The molecule has 4 heterocycles. The second kappa shape index (κ2) is 6.22. The van der Waals surface area contributed by atoms with Gasteiger partial charge in [-0.2, -0.15) is 5.10 Å². The number of nitrogens with zero attached hydrogens (tertiary/aromatic N) is 4. The zero-order chi connectivity index (χ0) is 17.4. The Morgan fingerprint density at radius 1 is 1.36 bits per heavy atom. The molecule has 0 aromatic carbocycles. The average molecular weight is 342 g/mol. The van der Waals surface area contributed by atoms with Crippen LogP contribution in [0.4, 0.5) is 4.39 Å². The summed E-state index contributed by atoms with van der Waals surface area (Å²) in [5, 5.41) is 11.3. The van der Waals surface area contributed by atoms with Crippen LogP contribution in [0.25, 0.3) is 11.0 Å². The number of halogens is 1. The summed E-state index contributed by atoms with van der Waals surface area (Å²) in [6.45, 7) is 3.41. The molecule has 4 rings (SSSR count). The summed E-state index contributed by atoms with van der Waals surface area (Å²) < 4.78 is 15.2. The monoisotopic (exact) mass is 342 g/mol. The Balaban J connectivity index is 1.66. The van der Waals surface area contributed by atoms with Gasteiger partial charge >= 0.3 is 0 Å². The fraction of sp³-hybridized carbons (Fsp3) is 0.500. The van der Waals surface area contributed by atoms with E-state index in [1.165, 1.54) is 0 Å². The molecule has 2 unspecified atom stereocenters. The third-order valence-electron chi connectivity index (χ3n) is 5.21. The van der Waals surface area contributed by atoms with Gasteiger partial charge in [-0.05, 0) is 51.1 Å². The number of dihydropyridines is 1. The Morgan fingerprint density at radius 2 is 2.16 bits per heavy atom. The van der Waals surface area contributed by atoms with Crippen molar-refractivity contribution in [2.24, 2.45) is 4.99 Å². The molecule has 2 atom stereocenters. The van der Waals surface area contributed by atoms with E-state index >= 15 is 4.39 Å². The van der Waals surface area contributed by atoms with E-state index < -0.39 is 11.7 Å². The van der Waals surface area contributed by atoms with E-state index in [1.54, 1.807) is 19.2 Å². The summed E-state index contributed by atoms with van der Waals surface area (Å²) in [6.07, 6.45) is 7.25. The summed E-state index contributed by atoms with van der Waals surface area (Å²) in [5.41, 5.74) is -0.295. The highest BCUT2D eigenvalue weighted by atomic mass is 19.1. The van der Waals surface area contributed by atoms with Crippen LogP contribution >= 0.6 is 0 Å². The summed E-state index contributed by atoms with van der Waals surface area (Å²) >= 11 is 0. The molecule has 2 aliphatic heterocycles. The zero-order valence-electron chi connectivity index (χ0n) is 14.5. The molecule has 132 valence electrons. The van der Waals surface area contributed by atoms with E-state index in [4.69, 9.17) is 4.99 Å². The maximum atomic E-state index is 15.2. The van der Waals surface area contributed by atoms with Gasteiger partial charge in [0.05, 0.1) is 5.69 Å². The van der Waals surface area contributed by atoms with Crippen molar-refractivity contribution in [1.82, 2.24) is 25.4 Å². The third-order valence-corrected chi connectivity index (χ3v) is 5.21. The first-order valence-electron chi connectivity index (χ1n) is 8.75. The molecular formula is C18H23FN6. The second-order valence-corrected chi connectivity index (χ2v) is 6.94. The van der Waals surface area contributed by atoms with Crippen molar-refractivity contribution >= 4 is 16.9 Å². The zero-order valence-corrected chi connectivity index (χ0v) is 14.5. The number of likely N-dealkylation sites (tertiary alicyclic amines) is 1. The Labute approximate surface area is 146 Å². The molecule has 2 aliphatic rings. The number of nitrogens with one attached hydrogen (secondary N) is 2. The Bertz CT molecular complexity index is 816. The summed E-state index contributed by atoms with van der Waals surface area (Å²) in [7, 11) is 2.00. The Hall–Kier alpha value is -2.28. The van der Waals surface area contributed by atoms with Crippen molar-refractivity contribution < 1.29 is 4.39 Å². The standard InChI is InChI=1S/C18H23FN6/c1-18(19)8-5-14(25-10-6-12(20-2)7-11-25)22-16(18)15-13-4-3-9-21-17(13)24-23-15/h3-5,8-9,12,16,20H,6-7,10-11H2,1-2H3,(H,21,23,24). The van der Waals surface area contributed by atoms with Crippen LogP contribution in [0.1, 0.15) is 31.5 Å². The minimum atomic E-state index is -1.57. The van der Waals surface area contributed by atoms with Crippen LogP contribution in [-0.2, 0) is 0 Å². The van der Waals surface area contributed by atoms with Crippen LogP contribution in [0.3, 0.4) is 0 Å². The quantitative estimate of drug-likeness (QED) is 0.879. The predicted octanol–water partition coefficient (Wildman–Crippen LogP) is 2.38. The van der Waals surface area contributed by atoms with Gasteiger partial charge in [-0.15, -0.1) is 0 Å². The van der Waals surface area contributed by atoms with Gasteiger partial charge in [0.1, 0.15) is 11.9 Å². The second-order valence-electron chi connectivity index (χ2n) is 6.94. The molecular weight excluding hydrogens is 319 g/mol. The Kier molecular flexibility index (Phi) is 4.03. The average Bonchev–Trinajstić information content (AvgIpc) is 3.05. The lowest BCUT2D eigenvalue weighted by atomic mass is 9.91. The number of rotatable bonds is 2. The van der Waals surface area contributed by atoms with Gasteiger partial charge < -0.3 is 10.2 Å². The van der Waals surface area contributed by atoms with Gasteiger partial charge in [0.2, 0.25) is 0 Å². The first kappa shape index (κ1) is 16.2. The maximum Gasteiger partial charge on any atom is 0.181 e. The molecule has 2 aromatic rings. The van der Waals surface area contributed by atoms with E-state index in [2.05, 4.69) is 25.4 Å². The number of alkyl halides is 1. The van der Waals surface area contributed by atoms with Gasteiger partial charge in [0.25, 0.3) is 0 Å². The maximum absolute atomic E-state index is 15.2. The summed E-state index contributed by atoms with van der Waals surface area (Å²) in [6, 6.07) is 3.64. The van der Waals surface area contributed by atoms with Crippen LogP contribution < -0.4 is 5.32 Å². The van der Waals surface area contributed by atoms with Gasteiger partial charge in [0.15, 0.2) is 11.3 Å². The highest BCUT2D eigenvalue weighted by molar-refractivity contribution is 5.94. The SMILES string of the molecule is CNC1CCN(C2=NC(c3[nH]nc4ncccc34)C(C)(F)C=C2)CC1. The topological polar surface area (TPSA) is 69.2 Å². The van der Waals surface area contributed by atoms with Crippen molar-refractivity contribution in [1.29, 1.82) is 0 Å². The fourth-order valence-electron chi connectivity index (χ4n) is 3.64. The number of aromatic amines is 1. The molecule has 25 heavy (non-hydrogen) atoms. The van der Waals surface area contributed by atoms with Crippen molar-refractivity contribution in [2.75, 3.05) is 20.1 Å². The van der Waals surface area contributed by atoms with Gasteiger partial charge in [-0.1, -0.05) is 0 Å². The first-order chi connectivity index (χ1) is 12.1. The van der Waals surface area contributed by atoms with Crippen molar-refractivity contribution in [3.8, 4) is 0 Å². The van der Waals surface area contributed by atoms with E-state index in [0.29, 0.717) is 17.4 Å². The molecule has 0 saturated carbocycles. The number of fused-ring (bicyclic) bond motifs is 1. The summed E-state index contributed by atoms with van der Waals surface area (Å²) in [5.74, 6) is 0.848. The predicted molar refractivity (Wildman–Crippen MR) is 96.4 cm³/mol. The molecule has 1 saturated heterocycles. The van der Waals surface area contributed by atoms with Crippen molar-refractivity contribution in [3.05, 3.63) is 36.2 Å². The highest BCUT2D eigenvalue weighted by Crippen LogP contribution is 2.38. The minimum absolute atomic E-state index is 0.550. The minimum Gasteiger partial charge on any atom is -0.357 e. The number of hydrogen-bond donors (Lipinski definition) is 2. The molecule has 1 fully saturated rings. The van der Waals surface area contributed by atoms with E-state index in [9.17, 15) is 0 Å². The fourth-order valence-corrected chi connectivity index (χ4v) is 3.64. The molecule has 2 aromatic heterocycles. The molecule has 6 nitrogen and oxygen atoms in total. The highest BCUT2D eigenvalue weighted by Gasteiger charge is 2.39. The lowest BCUT2D eigenvalue weighted by molar-refractivity contribution is 0.204. The van der Waals surface area contributed by atoms with E-state index in [-0.39, 0.29) is 0 Å². The lowest BCUT2D eigenvalue weighted by Gasteiger charge is -2.36. The van der Waals surface area contributed by atoms with Crippen LogP contribution in [-0.4, -0.2) is 57.8 Å². The number of amidine groups is 1. The van der Waals surface area contributed by atoms with Gasteiger partial charge in [0, 0.05) is 30.7 Å². The van der Waals surface area contributed by atoms with Gasteiger partial charge in [-0.25, -0.2) is 9.37 Å². The lowest BCUT2D eigenvalue weighted by Crippen LogP contribution is -2.45. The molecule has 0 bridgehead atoms. The molecule has 2 N–H and O–H groups in total. The van der Waals surface area contributed by atoms with Crippen LogP contribution in [0, 0.1) is 0 Å². The molecule has 0 radical (unpaired) electrons. The normalized spacial score (nSPS) is 27.7. The van der Waals surface area contributed by atoms with E-state index in [1.807, 2.05) is 25.3 Å². The molecule has 0 aliphatic carbocycles. The number of aromatic nitrogens is 3. The van der Waals surface area contributed by atoms with Crippen LogP contribution in [0.5, 0.6) is 0 Å². The number of hydrogen-bond acceptors (Lipinski definition) is 5. The number of aliphatic imine (C=N–C) groups is 1. The van der Waals surface area contributed by atoms with Crippen LogP contribution in [0.15, 0.2) is 35.5 Å². The first-order valence-corrected chi connectivity index (χ1v) is 8.75. The number of pyridine rings is 1. The van der Waals surface area contributed by atoms with Crippen LogP contribution in [0.2, 0.25) is 0 Å². The largest absolute Gasteiger partial charge is 0.357 e. The van der Waals surface area contributed by atoms with E-state index in [0.717, 1.165) is 37.2 Å². The third kappa shape index (κ3) is 2.93. The molecule has 7 heteroatoms. The number of piperidine rings is 1. The van der Waals surface area contributed by atoms with Gasteiger partial charge in [-0.3, -0.25) is 10.1 Å². The summed E-state index contributed by atoms with van der Waals surface area (Å²) in [4.78, 5) is 11.2. The Morgan fingerprint density at radius 3 is 2.92 bits per heavy atom. The molecule has 0 spiro atoms. The van der Waals surface area contributed by atoms with Crippen molar-refractivity contribution in [3.63, 3.8) is 0 Å². The smallest absolute Gasteiger partial charge is 0.181 e. The van der Waals surface area contributed by atoms with Crippen molar-refractivity contribution in [2.45, 2.75) is 37.5 Å². The number of H-pyrrole nitrogens is 1. The molecule has 0 amide bonds.